The van der Waals surface area contributed by atoms with E-state index in [0.29, 0.717) is 32.4 Å². The van der Waals surface area contributed by atoms with Crippen LogP contribution < -0.4 is 4.90 Å². The van der Waals surface area contributed by atoms with Crippen molar-refractivity contribution in [2.75, 3.05) is 24.5 Å². The van der Waals surface area contributed by atoms with Crippen LogP contribution in [0.2, 0.25) is 0 Å². The topological polar surface area (TPSA) is 40.6 Å². The smallest absolute Gasteiger partial charge is 0.226 e. The fourth-order valence-electron chi connectivity index (χ4n) is 4.36. The Hall–Kier alpha value is -2.69. The first-order valence-corrected chi connectivity index (χ1v) is 9.47. The van der Waals surface area contributed by atoms with Crippen LogP contribution in [0.1, 0.15) is 24.8 Å². The van der Waals surface area contributed by atoms with Gasteiger partial charge in [0.2, 0.25) is 5.91 Å². The molecule has 2 heterocycles. The summed E-state index contributed by atoms with van der Waals surface area (Å²) >= 11 is 0. The van der Waals surface area contributed by atoms with Gasteiger partial charge in [0.25, 0.3) is 0 Å². The minimum atomic E-state index is -0.478. The van der Waals surface area contributed by atoms with Crippen LogP contribution in [0.25, 0.3) is 0 Å². The van der Waals surface area contributed by atoms with Crippen LogP contribution in [-0.4, -0.2) is 41.8 Å². The molecule has 0 bridgehead atoms. The van der Waals surface area contributed by atoms with Crippen molar-refractivity contribution < 1.29 is 14.0 Å². The summed E-state index contributed by atoms with van der Waals surface area (Å²) in [7, 11) is 0. The van der Waals surface area contributed by atoms with E-state index >= 15 is 0 Å². The normalized spacial score (nSPS) is 18.9. The lowest BCUT2D eigenvalue weighted by atomic mass is 9.83. The zero-order valence-corrected chi connectivity index (χ0v) is 15.2. The second-order valence-electron chi connectivity index (χ2n) is 7.38. The number of Topliss-reactive ketones (excluding diaryl/α,β-unsaturated/α-hetero) is 1. The van der Waals surface area contributed by atoms with Gasteiger partial charge in [-0.3, -0.25) is 9.59 Å². The zero-order chi connectivity index (χ0) is 18.9. The highest BCUT2D eigenvalue weighted by Crippen LogP contribution is 2.39. The van der Waals surface area contributed by atoms with Crippen LogP contribution in [0.3, 0.4) is 0 Å². The first kappa shape index (κ1) is 17.7. The number of rotatable bonds is 3. The minimum Gasteiger partial charge on any atom is -0.358 e. The fourth-order valence-corrected chi connectivity index (χ4v) is 4.36. The number of nitrogens with zero attached hydrogens (tertiary/aromatic N) is 2. The van der Waals surface area contributed by atoms with Crippen molar-refractivity contribution in [3.05, 3.63) is 66.0 Å². The molecule has 0 N–H and O–H groups in total. The molecule has 0 saturated carbocycles. The molecule has 2 saturated heterocycles. The highest BCUT2D eigenvalue weighted by molar-refractivity contribution is 5.96. The number of piperidine rings is 1. The van der Waals surface area contributed by atoms with Crippen LogP contribution in [0.4, 0.5) is 10.1 Å². The second-order valence-corrected chi connectivity index (χ2v) is 7.38. The van der Waals surface area contributed by atoms with Gasteiger partial charge in [-0.05, 0) is 42.7 Å². The highest BCUT2D eigenvalue weighted by atomic mass is 19.1. The average Bonchev–Trinajstić information content (AvgIpc) is 3.01. The number of likely N-dealkylation sites (tertiary alicyclic amines) is 1. The number of benzene rings is 2. The maximum absolute atomic E-state index is 13.0. The maximum atomic E-state index is 13.0. The summed E-state index contributed by atoms with van der Waals surface area (Å²) in [5.41, 5.74) is 1.41. The van der Waals surface area contributed by atoms with E-state index in [4.69, 9.17) is 0 Å². The van der Waals surface area contributed by atoms with Gasteiger partial charge in [0, 0.05) is 31.7 Å². The molecule has 1 amide bonds. The van der Waals surface area contributed by atoms with Crippen LogP contribution in [0.15, 0.2) is 54.6 Å². The standard InChI is InChI=1S/C22H23FN2O2/c23-18-8-6-17(7-9-18)16-21(27)24-14-11-22(12-15-24)20(26)10-13-25(22)19-4-2-1-3-5-19/h1-9H,10-16H2. The molecule has 2 aromatic rings. The quantitative estimate of drug-likeness (QED) is 0.838. The molecule has 0 unspecified atom stereocenters. The third-order valence-corrected chi connectivity index (χ3v) is 5.88. The van der Waals surface area contributed by atoms with Crippen molar-refractivity contribution in [1.29, 1.82) is 0 Å². The molecule has 2 aliphatic heterocycles. The molecule has 5 heteroatoms. The zero-order valence-electron chi connectivity index (χ0n) is 15.2. The lowest BCUT2D eigenvalue weighted by Crippen LogP contribution is -2.57. The molecule has 2 fully saturated rings. The predicted molar refractivity (Wildman–Crippen MR) is 102 cm³/mol. The molecular weight excluding hydrogens is 343 g/mol. The molecule has 2 aliphatic rings. The summed E-state index contributed by atoms with van der Waals surface area (Å²) < 4.78 is 13.0. The van der Waals surface area contributed by atoms with E-state index in [1.807, 2.05) is 35.2 Å². The molecule has 4 nitrogen and oxygen atoms in total. The largest absolute Gasteiger partial charge is 0.358 e. The predicted octanol–water partition coefficient (Wildman–Crippen LogP) is 3.21. The maximum Gasteiger partial charge on any atom is 0.226 e. The van der Waals surface area contributed by atoms with Gasteiger partial charge in [0.1, 0.15) is 11.4 Å². The molecule has 0 radical (unpaired) electrons. The summed E-state index contributed by atoms with van der Waals surface area (Å²) in [6.07, 6.45) is 2.16. The molecular formula is C22H23FN2O2. The van der Waals surface area contributed by atoms with Crippen molar-refractivity contribution >= 4 is 17.4 Å². The molecule has 0 aliphatic carbocycles. The molecule has 27 heavy (non-hydrogen) atoms. The molecule has 0 atom stereocenters. The Morgan fingerprint density at radius 1 is 0.963 bits per heavy atom. The number of hydrogen-bond donors (Lipinski definition) is 0. The van der Waals surface area contributed by atoms with Crippen molar-refractivity contribution in [1.82, 2.24) is 4.90 Å². The molecule has 2 aromatic carbocycles. The van der Waals surface area contributed by atoms with E-state index in [-0.39, 0.29) is 23.9 Å². The Labute approximate surface area is 158 Å². The first-order valence-electron chi connectivity index (χ1n) is 9.47. The summed E-state index contributed by atoms with van der Waals surface area (Å²) in [5, 5.41) is 0. The van der Waals surface area contributed by atoms with E-state index in [9.17, 15) is 14.0 Å². The van der Waals surface area contributed by atoms with Gasteiger partial charge in [-0.25, -0.2) is 4.39 Å². The molecule has 4 rings (SSSR count). The van der Waals surface area contributed by atoms with Crippen LogP contribution in [-0.2, 0) is 16.0 Å². The Morgan fingerprint density at radius 3 is 2.30 bits per heavy atom. The van der Waals surface area contributed by atoms with Gasteiger partial charge in [-0.2, -0.15) is 0 Å². The number of carbonyl (C=O) groups is 2. The lowest BCUT2D eigenvalue weighted by molar-refractivity contribution is -0.134. The molecule has 140 valence electrons. The Bertz CT molecular complexity index is 827. The fraction of sp³-hybridized carbons (Fsp3) is 0.364. The first-order chi connectivity index (χ1) is 13.1. The van der Waals surface area contributed by atoms with E-state index in [2.05, 4.69) is 4.90 Å². The van der Waals surface area contributed by atoms with Crippen LogP contribution in [0.5, 0.6) is 0 Å². The summed E-state index contributed by atoms with van der Waals surface area (Å²) in [6.45, 7) is 1.90. The van der Waals surface area contributed by atoms with E-state index in [0.717, 1.165) is 17.8 Å². The van der Waals surface area contributed by atoms with Crippen LogP contribution in [0, 0.1) is 5.82 Å². The summed E-state index contributed by atoms with van der Waals surface area (Å²) in [4.78, 5) is 29.4. The Morgan fingerprint density at radius 2 is 1.63 bits per heavy atom. The Kier molecular flexibility index (Phi) is 4.68. The number of ketones is 1. The highest BCUT2D eigenvalue weighted by Gasteiger charge is 2.50. The van der Waals surface area contributed by atoms with Crippen molar-refractivity contribution in [2.45, 2.75) is 31.2 Å². The monoisotopic (exact) mass is 366 g/mol. The number of anilines is 1. The molecule has 1 spiro atoms. The van der Waals surface area contributed by atoms with Gasteiger partial charge < -0.3 is 9.80 Å². The van der Waals surface area contributed by atoms with Crippen molar-refractivity contribution in [2.24, 2.45) is 0 Å². The average molecular weight is 366 g/mol. The number of halogens is 1. The van der Waals surface area contributed by atoms with Gasteiger partial charge >= 0.3 is 0 Å². The van der Waals surface area contributed by atoms with E-state index < -0.39 is 5.54 Å². The third-order valence-electron chi connectivity index (χ3n) is 5.88. The SMILES string of the molecule is O=C(Cc1ccc(F)cc1)N1CCC2(CC1)C(=O)CCN2c1ccccc1. The van der Waals surface area contributed by atoms with E-state index in [1.54, 1.807) is 12.1 Å². The van der Waals surface area contributed by atoms with Gasteiger partial charge in [-0.15, -0.1) is 0 Å². The number of carbonyl (C=O) groups excluding carboxylic acids is 2. The second kappa shape index (κ2) is 7.14. The van der Waals surface area contributed by atoms with E-state index in [1.165, 1.54) is 12.1 Å². The van der Waals surface area contributed by atoms with Gasteiger partial charge in [0.15, 0.2) is 5.78 Å². The van der Waals surface area contributed by atoms with Crippen LogP contribution >= 0.6 is 0 Å². The van der Waals surface area contributed by atoms with Crippen molar-refractivity contribution in [3.63, 3.8) is 0 Å². The third kappa shape index (κ3) is 3.34. The minimum absolute atomic E-state index is 0.0353. The lowest BCUT2D eigenvalue weighted by Gasteiger charge is -2.44. The van der Waals surface area contributed by atoms with Gasteiger partial charge in [-0.1, -0.05) is 30.3 Å². The Balaban J connectivity index is 1.44. The summed E-state index contributed by atoms with van der Waals surface area (Å²) in [6, 6.07) is 16.1. The number of para-hydroxylation sites is 1. The van der Waals surface area contributed by atoms with Crippen molar-refractivity contribution in [3.8, 4) is 0 Å². The number of hydrogen-bond acceptors (Lipinski definition) is 3. The van der Waals surface area contributed by atoms with Gasteiger partial charge in [0.05, 0.1) is 6.42 Å². The molecule has 0 aromatic heterocycles. The number of amides is 1. The summed E-state index contributed by atoms with van der Waals surface area (Å²) in [5.74, 6) is 0.0250.